The first kappa shape index (κ1) is 46.8. The van der Waals surface area contributed by atoms with Gasteiger partial charge in [-0.2, -0.15) is 0 Å². The molecule has 0 saturated heterocycles. The maximum Gasteiger partial charge on any atom is 0.262 e. The zero-order valence-electron chi connectivity index (χ0n) is 37.2. The minimum Gasteiger partial charge on any atom is -0.497 e. The molecule has 1 aliphatic heterocycles. The van der Waals surface area contributed by atoms with Crippen LogP contribution >= 0.6 is 11.6 Å². The molecule has 1 aromatic heterocycles. The number of halogens is 1. The molecule has 0 atom stereocenters. The van der Waals surface area contributed by atoms with Crippen LogP contribution in [-0.4, -0.2) is 107 Å². The van der Waals surface area contributed by atoms with Gasteiger partial charge in [-0.15, -0.1) is 0 Å². The lowest BCUT2D eigenvalue weighted by Gasteiger charge is -2.13. The Morgan fingerprint density at radius 2 is 1.43 bits per heavy atom. The van der Waals surface area contributed by atoms with Crippen LogP contribution in [0.25, 0.3) is 44.2 Å². The van der Waals surface area contributed by atoms with Gasteiger partial charge < -0.3 is 38.7 Å². The molecule has 0 radical (unpaired) electrons. The molecule has 2 amide bonds. The number of benzene rings is 5. The molecule has 2 aliphatic rings. The highest BCUT2D eigenvalue weighted by atomic mass is 35.5. The van der Waals surface area contributed by atoms with Gasteiger partial charge in [-0.3, -0.25) is 19.0 Å². The van der Waals surface area contributed by atoms with Gasteiger partial charge in [-0.1, -0.05) is 35.9 Å². The van der Waals surface area contributed by atoms with Crippen molar-refractivity contribution in [3.05, 3.63) is 118 Å². The lowest BCUT2D eigenvalue weighted by atomic mass is 10.1. The molecule has 14 nitrogen and oxygen atoms in total. The molecular weight excluding hydrogens is 850 g/mol. The lowest BCUT2D eigenvalue weighted by Crippen LogP contribution is -2.29. The van der Waals surface area contributed by atoms with Gasteiger partial charge in [-0.05, 0) is 74.9 Å². The van der Waals surface area contributed by atoms with E-state index in [0.29, 0.717) is 97.4 Å². The largest absolute Gasteiger partial charge is 0.497 e. The number of anilines is 1. The third kappa shape index (κ3) is 11.6. The van der Waals surface area contributed by atoms with Crippen LogP contribution in [0, 0.1) is 6.92 Å². The van der Waals surface area contributed by atoms with Crippen LogP contribution < -0.4 is 25.3 Å². The Hall–Kier alpha value is -6.16. The van der Waals surface area contributed by atoms with E-state index < -0.39 is 0 Å². The highest BCUT2D eigenvalue weighted by Crippen LogP contribution is 2.34. The number of carbonyl (C=O) groups is 3. The van der Waals surface area contributed by atoms with E-state index in [1.165, 1.54) is 0 Å². The van der Waals surface area contributed by atoms with E-state index in [1.54, 1.807) is 42.0 Å². The summed E-state index contributed by atoms with van der Waals surface area (Å²) in [7, 11) is 1.58. The maximum atomic E-state index is 13.6. The zero-order valence-corrected chi connectivity index (χ0v) is 38.0. The summed E-state index contributed by atoms with van der Waals surface area (Å²) in [6, 6.07) is 27.9. The topological polar surface area (TPSA) is 155 Å². The highest BCUT2D eigenvalue weighted by Gasteiger charge is 2.22. The number of nitrogens with zero attached hydrogens (tertiary/aromatic N) is 3. The molecule has 0 bridgehead atoms. The number of methoxy groups -OCH3 is 1. The van der Waals surface area contributed by atoms with Gasteiger partial charge in [0.25, 0.3) is 5.91 Å². The summed E-state index contributed by atoms with van der Waals surface area (Å²) in [6.45, 7) is 10.9. The Balaban J connectivity index is 0.765. The maximum absolute atomic E-state index is 13.6. The van der Waals surface area contributed by atoms with Crippen LogP contribution in [0.1, 0.15) is 41.9 Å². The number of carbonyl (C=O) groups excluding carboxylic acids is 3. The minimum absolute atomic E-state index is 0.0791. The number of hydrogen-bond donors (Lipinski definition) is 2. The first-order valence-corrected chi connectivity index (χ1v) is 22.3. The van der Waals surface area contributed by atoms with E-state index in [9.17, 15) is 14.4 Å². The molecule has 2 N–H and O–H groups in total. The first-order chi connectivity index (χ1) is 31.7. The number of ether oxygens (including phenoxy) is 5. The molecule has 15 heteroatoms. The fraction of sp³-hybridized carbons (Fsp3) is 0.340. The molecule has 4 aromatic carbocycles. The molecule has 65 heavy (non-hydrogen) atoms. The summed E-state index contributed by atoms with van der Waals surface area (Å²) in [5, 5.41) is 10.1. The molecule has 0 saturated carbocycles. The third-order valence-corrected chi connectivity index (χ3v) is 11.4. The Morgan fingerprint density at radius 1 is 0.754 bits per heavy atom. The summed E-state index contributed by atoms with van der Waals surface area (Å²) < 4.78 is 38.2. The van der Waals surface area contributed by atoms with Gasteiger partial charge in [0.1, 0.15) is 30.0 Å². The van der Waals surface area contributed by atoms with E-state index in [0.717, 1.165) is 51.4 Å². The van der Waals surface area contributed by atoms with Gasteiger partial charge in [0, 0.05) is 51.1 Å². The highest BCUT2D eigenvalue weighted by molar-refractivity contribution is 6.30. The summed E-state index contributed by atoms with van der Waals surface area (Å²) in [5.41, 5.74) is 5.34. The molecule has 0 fully saturated rings. The molecule has 2 heterocycles. The van der Waals surface area contributed by atoms with E-state index in [2.05, 4.69) is 35.1 Å². The van der Waals surface area contributed by atoms with Crippen LogP contribution in [0.5, 0.6) is 5.75 Å². The number of amides is 2. The first-order valence-electron chi connectivity index (χ1n) is 21.9. The number of rotatable bonds is 22. The van der Waals surface area contributed by atoms with Gasteiger partial charge in [-0.25, -0.2) is 9.56 Å². The number of aromatic nitrogens is 2. The Kier molecular flexibility index (Phi) is 16.3. The normalized spacial score (nSPS) is 11.5. The average Bonchev–Trinajstić information content (AvgIpc) is 3.59. The quantitative estimate of drug-likeness (QED) is 0.0307. The third-order valence-electron chi connectivity index (χ3n) is 11.1. The van der Waals surface area contributed by atoms with Crippen molar-refractivity contribution in [1.29, 1.82) is 0 Å². The van der Waals surface area contributed by atoms with Crippen molar-refractivity contribution in [3.8, 4) is 17.2 Å². The Bertz CT molecular complexity index is 2810. The Morgan fingerprint density at radius 3 is 2.12 bits per heavy atom. The number of fused-ring (bicyclic) bond motifs is 5. The smallest absolute Gasteiger partial charge is 0.262 e. The van der Waals surface area contributed by atoms with Crippen molar-refractivity contribution in [3.63, 3.8) is 0 Å². The van der Waals surface area contributed by atoms with Gasteiger partial charge in [0.15, 0.2) is 11.3 Å². The van der Waals surface area contributed by atoms with Crippen LogP contribution in [0.15, 0.2) is 95.4 Å². The molecule has 0 spiro atoms. The molecule has 7 rings (SSSR count). The summed E-state index contributed by atoms with van der Waals surface area (Å²) in [6.07, 6.45) is 0.254. The van der Waals surface area contributed by atoms with Crippen molar-refractivity contribution in [2.75, 3.05) is 84.9 Å². The van der Waals surface area contributed by atoms with Crippen molar-refractivity contribution in [2.45, 2.75) is 33.6 Å². The Labute approximate surface area is 382 Å². The standard InChI is InChI=1S/C50H54ClN5O9/c1-5-55(6-2)36-15-17-42-45(29-36)65-46-32-43(38-9-7-8-10-39(38)49(46)54-42)53-47(57)19-21-61-23-25-63-27-28-64-26-24-62-22-20-52-48(58)31-40-33(3)56(44-18-16-37(60-4)30-41(40)44)50(59)34-11-13-35(51)14-12-34/h7-18,29-30,32H,5-6,19-28,31H2,1-4H3,(H,52,58)/p+1. The van der Waals surface area contributed by atoms with Crippen molar-refractivity contribution in [1.82, 2.24) is 19.4 Å². The second-order valence-electron chi connectivity index (χ2n) is 15.2. The SMILES string of the molecule is CC[N+](CC)=c1ccc2nc3c(cc(NC(=O)CCOCCOCCOCCOCCNC(=O)Cc4c(C)n(C(=O)c5ccc(Cl)cc5)c5ccc(OC)cc45)c4ccccc43)oc-2c1. The van der Waals surface area contributed by atoms with E-state index in [1.807, 2.05) is 61.5 Å². The fourth-order valence-corrected chi connectivity index (χ4v) is 7.88. The number of nitrogens with one attached hydrogen (secondary N) is 2. The second-order valence-corrected chi connectivity index (χ2v) is 15.7. The van der Waals surface area contributed by atoms with Crippen LogP contribution in [0.4, 0.5) is 5.69 Å². The monoisotopic (exact) mass is 904 g/mol. The fourth-order valence-electron chi connectivity index (χ4n) is 7.75. The predicted octanol–water partition coefficient (Wildman–Crippen LogP) is 7.27. The van der Waals surface area contributed by atoms with Crippen molar-refractivity contribution in [2.24, 2.45) is 0 Å². The van der Waals surface area contributed by atoms with Crippen molar-refractivity contribution >= 4 is 67.8 Å². The van der Waals surface area contributed by atoms with Crippen LogP contribution in [0.3, 0.4) is 0 Å². The summed E-state index contributed by atoms with van der Waals surface area (Å²) in [4.78, 5) is 44.5. The average molecular weight is 905 g/mol. The van der Waals surface area contributed by atoms with Gasteiger partial charge in [0.2, 0.25) is 17.2 Å². The van der Waals surface area contributed by atoms with Gasteiger partial charge in [0.05, 0.1) is 90.1 Å². The summed E-state index contributed by atoms with van der Waals surface area (Å²) >= 11 is 6.04. The van der Waals surface area contributed by atoms with Gasteiger partial charge >= 0.3 is 0 Å². The molecule has 340 valence electrons. The zero-order chi connectivity index (χ0) is 45.7. The van der Waals surface area contributed by atoms with Crippen LogP contribution in [0.2, 0.25) is 5.02 Å². The van der Waals surface area contributed by atoms with Crippen LogP contribution in [-0.2, 0) is 35.0 Å². The van der Waals surface area contributed by atoms with E-state index in [-0.39, 0.29) is 37.2 Å². The summed E-state index contributed by atoms with van der Waals surface area (Å²) in [5.74, 6) is 0.727. The van der Waals surface area contributed by atoms with E-state index in [4.69, 9.17) is 44.7 Å². The molecule has 1 aliphatic carbocycles. The predicted molar refractivity (Wildman–Crippen MR) is 252 cm³/mol. The minimum atomic E-state index is -0.215. The molecular formula is C50H55ClN5O9+. The molecule has 5 aromatic rings. The second kappa shape index (κ2) is 22.6. The van der Waals surface area contributed by atoms with Crippen molar-refractivity contribution < 1.29 is 42.5 Å². The number of hydrogen-bond acceptors (Lipinski definition) is 10. The van der Waals surface area contributed by atoms with E-state index >= 15 is 0 Å². The lowest BCUT2D eigenvalue weighted by molar-refractivity contribution is -0.120. The molecule has 0 unspecified atom stereocenters.